The van der Waals surface area contributed by atoms with E-state index in [0.717, 1.165) is 22.4 Å². The molecule has 116 valence electrons. The molecule has 1 amide bonds. The molecule has 5 nitrogen and oxygen atoms in total. The standard InChI is InChI=1S/C16H18N2O3S/c1-9-4-10(2)16(11(3)5-9)18-13(19)7-14-17-12(8-22-14)6-15(20)21/h4-5,8H,6-7H2,1-3H3,(H,18,19)(H,20,21). The molecule has 2 N–H and O–H groups in total. The van der Waals surface area contributed by atoms with Gasteiger partial charge in [0.2, 0.25) is 5.91 Å². The second-order valence-corrected chi connectivity index (χ2v) is 6.24. The highest BCUT2D eigenvalue weighted by Crippen LogP contribution is 2.22. The summed E-state index contributed by atoms with van der Waals surface area (Å²) in [6.07, 6.45) is 0.0331. The maximum Gasteiger partial charge on any atom is 0.309 e. The number of benzene rings is 1. The predicted octanol–water partition coefficient (Wildman–Crippen LogP) is 2.88. The van der Waals surface area contributed by atoms with Crippen molar-refractivity contribution in [2.75, 3.05) is 5.32 Å². The van der Waals surface area contributed by atoms with Crippen molar-refractivity contribution in [3.63, 3.8) is 0 Å². The van der Waals surface area contributed by atoms with E-state index in [0.29, 0.717) is 10.7 Å². The maximum atomic E-state index is 12.1. The number of anilines is 1. The number of rotatable bonds is 5. The molecule has 0 aliphatic rings. The van der Waals surface area contributed by atoms with Gasteiger partial charge in [-0.05, 0) is 31.9 Å². The van der Waals surface area contributed by atoms with Crippen LogP contribution in [-0.4, -0.2) is 22.0 Å². The molecule has 2 aromatic rings. The highest BCUT2D eigenvalue weighted by molar-refractivity contribution is 7.09. The van der Waals surface area contributed by atoms with Gasteiger partial charge in [0.1, 0.15) is 5.01 Å². The van der Waals surface area contributed by atoms with Crippen LogP contribution in [0, 0.1) is 20.8 Å². The summed E-state index contributed by atoms with van der Waals surface area (Å²) in [5.41, 5.74) is 4.53. The molecule has 0 spiro atoms. The molecule has 1 aromatic heterocycles. The van der Waals surface area contributed by atoms with Crippen LogP contribution in [0.5, 0.6) is 0 Å². The molecule has 6 heteroatoms. The summed E-state index contributed by atoms with van der Waals surface area (Å²) in [7, 11) is 0. The van der Waals surface area contributed by atoms with Gasteiger partial charge >= 0.3 is 5.97 Å². The summed E-state index contributed by atoms with van der Waals surface area (Å²) < 4.78 is 0. The fourth-order valence-electron chi connectivity index (χ4n) is 2.36. The summed E-state index contributed by atoms with van der Waals surface area (Å²) in [5.74, 6) is -1.07. The Morgan fingerprint density at radius 3 is 2.41 bits per heavy atom. The van der Waals surface area contributed by atoms with Crippen molar-refractivity contribution < 1.29 is 14.7 Å². The highest BCUT2D eigenvalue weighted by atomic mass is 32.1. The number of hydrogen-bond donors (Lipinski definition) is 2. The van der Waals surface area contributed by atoms with Crippen molar-refractivity contribution >= 4 is 28.9 Å². The van der Waals surface area contributed by atoms with Crippen molar-refractivity contribution in [1.82, 2.24) is 4.98 Å². The number of nitrogens with one attached hydrogen (secondary N) is 1. The Balaban J connectivity index is 2.04. The molecule has 0 radical (unpaired) electrons. The lowest BCUT2D eigenvalue weighted by atomic mass is 10.1. The Hall–Kier alpha value is -2.21. The number of thiazole rings is 1. The van der Waals surface area contributed by atoms with Gasteiger partial charge in [-0.25, -0.2) is 4.98 Å². The first-order valence-corrected chi connectivity index (χ1v) is 7.76. The molecule has 0 atom stereocenters. The number of carboxylic acid groups (broad SMARTS) is 1. The smallest absolute Gasteiger partial charge is 0.309 e. The average molecular weight is 318 g/mol. The van der Waals surface area contributed by atoms with E-state index in [1.165, 1.54) is 11.3 Å². The van der Waals surface area contributed by atoms with Crippen molar-refractivity contribution in [3.05, 3.63) is 44.9 Å². The van der Waals surface area contributed by atoms with Gasteiger partial charge in [0.05, 0.1) is 18.5 Å². The van der Waals surface area contributed by atoms with Gasteiger partial charge in [0.25, 0.3) is 0 Å². The van der Waals surface area contributed by atoms with E-state index in [-0.39, 0.29) is 18.7 Å². The fourth-order valence-corrected chi connectivity index (χ4v) is 3.16. The molecule has 22 heavy (non-hydrogen) atoms. The number of carbonyl (C=O) groups excluding carboxylic acids is 1. The van der Waals surface area contributed by atoms with Gasteiger partial charge in [-0.15, -0.1) is 11.3 Å². The van der Waals surface area contributed by atoms with E-state index >= 15 is 0 Å². The quantitative estimate of drug-likeness (QED) is 0.888. The third kappa shape index (κ3) is 4.14. The first-order valence-electron chi connectivity index (χ1n) is 6.88. The summed E-state index contributed by atoms with van der Waals surface area (Å²) in [6.45, 7) is 5.94. The molecule has 2 rings (SSSR count). The second-order valence-electron chi connectivity index (χ2n) is 5.30. The van der Waals surface area contributed by atoms with Crippen LogP contribution >= 0.6 is 11.3 Å². The largest absolute Gasteiger partial charge is 0.481 e. The van der Waals surface area contributed by atoms with E-state index in [9.17, 15) is 9.59 Å². The Morgan fingerprint density at radius 2 is 1.82 bits per heavy atom. The second kappa shape index (κ2) is 6.70. The van der Waals surface area contributed by atoms with Crippen molar-refractivity contribution in [2.45, 2.75) is 33.6 Å². The number of amides is 1. The number of aryl methyl sites for hydroxylation is 3. The lowest BCUT2D eigenvalue weighted by molar-refractivity contribution is -0.136. The molecule has 0 aliphatic heterocycles. The Bertz CT molecular complexity index is 699. The lowest BCUT2D eigenvalue weighted by Crippen LogP contribution is -2.16. The minimum absolute atomic E-state index is 0.117. The predicted molar refractivity (Wildman–Crippen MR) is 86.4 cm³/mol. The third-order valence-corrected chi connectivity index (χ3v) is 4.08. The molecule has 0 saturated heterocycles. The zero-order valence-electron chi connectivity index (χ0n) is 12.8. The van der Waals surface area contributed by atoms with Gasteiger partial charge < -0.3 is 10.4 Å². The highest BCUT2D eigenvalue weighted by Gasteiger charge is 2.12. The fraction of sp³-hybridized carbons (Fsp3) is 0.312. The van der Waals surface area contributed by atoms with E-state index in [1.807, 2.05) is 32.9 Å². The van der Waals surface area contributed by atoms with Gasteiger partial charge in [-0.1, -0.05) is 17.7 Å². The van der Waals surface area contributed by atoms with Crippen LogP contribution < -0.4 is 5.32 Å². The van der Waals surface area contributed by atoms with Gasteiger partial charge in [0, 0.05) is 11.1 Å². The Kier molecular flexibility index (Phi) is 4.92. The number of hydrogen-bond acceptors (Lipinski definition) is 4. The molecular formula is C16H18N2O3S. The normalized spacial score (nSPS) is 10.5. The van der Waals surface area contributed by atoms with Gasteiger partial charge in [-0.3, -0.25) is 9.59 Å². The SMILES string of the molecule is Cc1cc(C)c(NC(=O)Cc2nc(CC(=O)O)cs2)c(C)c1. The zero-order valence-corrected chi connectivity index (χ0v) is 13.6. The van der Waals surface area contributed by atoms with Gasteiger partial charge in [-0.2, -0.15) is 0 Å². The molecule has 1 aromatic carbocycles. The third-order valence-electron chi connectivity index (χ3n) is 3.18. The van der Waals surface area contributed by atoms with E-state index < -0.39 is 5.97 Å². The molecular weight excluding hydrogens is 300 g/mol. The zero-order chi connectivity index (χ0) is 16.3. The number of carbonyl (C=O) groups is 2. The van der Waals surface area contributed by atoms with Crippen LogP contribution in [0.25, 0.3) is 0 Å². The van der Waals surface area contributed by atoms with Crippen LogP contribution in [0.15, 0.2) is 17.5 Å². The monoisotopic (exact) mass is 318 g/mol. The first-order chi connectivity index (χ1) is 10.3. The van der Waals surface area contributed by atoms with Crippen molar-refractivity contribution in [1.29, 1.82) is 0 Å². The molecule has 1 heterocycles. The average Bonchev–Trinajstić information content (AvgIpc) is 2.80. The molecule has 0 bridgehead atoms. The topological polar surface area (TPSA) is 79.3 Å². The molecule has 0 aliphatic carbocycles. The van der Waals surface area contributed by atoms with Crippen LogP contribution in [0.4, 0.5) is 5.69 Å². The van der Waals surface area contributed by atoms with Crippen LogP contribution in [-0.2, 0) is 22.4 Å². The van der Waals surface area contributed by atoms with Gasteiger partial charge in [0.15, 0.2) is 0 Å². The van der Waals surface area contributed by atoms with E-state index in [1.54, 1.807) is 5.38 Å². The summed E-state index contributed by atoms with van der Waals surface area (Å²) in [6, 6.07) is 4.05. The molecule has 0 unspecified atom stereocenters. The number of aliphatic carboxylic acids is 1. The molecule has 0 saturated carbocycles. The number of carboxylic acids is 1. The number of nitrogens with zero attached hydrogens (tertiary/aromatic N) is 1. The van der Waals surface area contributed by atoms with Crippen LogP contribution in [0.1, 0.15) is 27.4 Å². The van der Waals surface area contributed by atoms with E-state index in [2.05, 4.69) is 10.3 Å². The Labute approximate surface area is 133 Å². The van der Waals surface area contributed by atoms with E-state index in [4.69, 9.17) is 5.11 Å². The summed E-state index contributed by atoms with van der Waals surface area (Å²) >= 11 is 1.31. The van der Waals surface area contributed by atoms with Crippen LogP contribution in [0.2, 0.25) is 0 Å². The first kappa shape index (κ1) is 16.2. The summed E-state index contributed by atoms with van der Waals surface area (Å²) in [5, 5.41) is 13.9. The maximum absolute atomic E-state index is 12.1. The lowest BCUT2D eigenvalue weighted by Gasteiger charge is -2.12. The van der Waals surface area contributed by atoms with Crippen LogP contribution in [0.3, 0.4) is 0 Å². The van der Waals surface area contributed by atoms with Crippen molar-refractivity contribution in [2.24, 2.45) is 0 Å². The molecule has 0 fully saturated rings. The minimum Gasteiger partial charge on any atom is -0.481 e. The summed E-state index contributed by atoms with van der Waals surface area (Å²) in [4.78, 5) is 26.9. The minimum atomic E-state index is -0.924. The Morgan fingerprint density at radius 1 is 1.18 bits per heavy atom. The number of aromatic nitrogens is 1. The van der Waals surface area contributed by atoms with Crippen molar-refractivity contribution in [3.8, 4) is 0 Å².